The van der Waals surface area contributed by atoms with Gasteiger partial charge in [0.2, 0.25) is 5.88 Å². The number of imidazole rings is 1. The monoisotopic (exact) mass is 552 g/mol. The maximum atomic E-state index is 14.2. The minimum atomic E-state index is -4.45. The average molecular weight is 553 g/mol. The number of ether oxygens (including phenoxy) is 1. The van der Waals surface area contributed by atoms with Gasteiger partial charge < -0.3 is 9.30 Å². The molecule has 0 aliphatic carbocycles. The Bertz CT molecular complexity index is 1820. The van der Waals surface area contributed by atoms with Crippen LogP contribution < -0.4 is 15.0 Å². The molecule has 0 bridgehead atoms. The van der Waals surface area contributed by atoms with E-state index >= 15 is 0 Å². The summed E-state index contributed by atoms with van der Waals surface area (Å²) in [5.74, 6) is -2.21. The van der Waals surface area contributed by atoms with Crippen molar-refractivity contribution >= 4 is 26.6 Å². The summed E-state index contributed by atoms with van der Waals surface area (Å²) in [6, 6.07) is 8.66. The van der Waals surface area contributed by atoms with Crippen LogP contribution in [-0.2, 0) is 23.1 Å². The first-order valence-corrected chi connectivity index (χ1v) is 13.2. The molecular formula is C26H22F2N6O4S. The fraction of sp³-hybridized carbons (Fsp3) is 0.154. The van der Waals surface area contributed by atoms with E-state index in [9.17, 15) is 22.0 Å². The molecule has 0 amide bonds. The van der Waals surface area contributed by atoms with Crippen LogP contribution in [0.15, 0.2) is 83.4 Å². The van der Waals surface area contributed by atoms with Crippen LogP contribution in [0.3, 0.4) is 0 Å². The van der Waals surface area contributed by atoms with Crippen molar-refractivity contribution in [1.29, 1.82) is 0 Å². The molecule has 1 N–H and O–H groups in total. The minimum absolute atomic E-state index is 0.0625. The normalized spacial score (nSPS) is 11.6. The quantitative estimate of drug-likeness (QED) is 0.295. The van der Waals surface area contributed by atoms with Crippen LogP contribution in [0, 0.1) is 11.6 Å². The molecule has 0 saturated carbocycles. The first kappa shape index (κ1) is 26.0. The van der Waals surface area contributed by atoms with E-state index in [2.05, 4.69) is 19.7 Å². The highest BCUT2D eigenvalue weighted by Gasteiger charge is 2.22. The number of pyridine rings is 1. The lowest BCUT2D eigenvalue weighted by atomic mass is 10.1. The van der Waals surface area contributed by atoms with Crippen LogP contribution in [0.25, 0.3) is 22.0 Å². The van der Waals surface area contributed by atoms with Gasteiger partial charge in [0, 0.05) is 43.3 Å². The van der Waals surface area contributed by atoms with Crippen molar-refractivity contribution in [1.82, 2.24) is 24.1 Å². The van der Waals surface area contributed by atoms with Crippen LogP contribution >= 0.6 is 0 Å². The molecule has 0 fully saturated rings. The van der Waals surface area contributed by atoms with Crippen LogP contribution in [0.5, 0.6) is 5.88 Å². The van der Waals surface area contributed by atoms with Crippen molar-refractivity contribution < 1.29 is 21.9 Å². The molecule has 0 atom stereocenters. The zero-order valence-electron chi connectivity index (χ0n) is 20.6. The number of nitrogens with zero attached hydrogens (tertiary/aromatic N) is 5. The summed E-state index contributed by atoms with van der Waals surface area (Å²) in [4.78, 5) is 25.0. The fourth-order valence-electron chi connectivity index (χ4n) is 4.08. The van der Waals surface area contributed by atoms with Gasteiger partial charge in [-0.05, 0) is 42.3 Å². The predicted molar refractivity (Wildman–Crippen MR) is 140 cm³/mol. The molecular weight excluding hydrogens is 530 g/mol. The van der Waals surface area contributed by atoms with Gasteiger partial charge in [0.05, 0.1) is 30.7 Å². The summed E-state index contributed by atoms with van der Waals surface area (Å²) in [5, 5.41) is 0.379. The summed E-state index contributed by atoms with van der Waals surface area (Å²) >= 11 is 0. The summed E-state index contributed by atoms with van der Waals surface area (Å²) < 4.78 is 64.1. The second-order valence-electron chi connectivity index (χ2n) is 8.59. The van der Waals surface area contributed by atoms with E-state index in [1.165, 1.54) is 30.3 Å². The van der Waals surface area contributed by atoms with Crippen molar-refractivity contribution in [3.05, 3.63) is 95.7 Å². The Morgan fingerprint density at radius 2 is 1.85 bits per heavy atom. The summed E-state index contributed by atoms with van der Waals surface area (Å²) in [7, 11) is -3.14. The molecule has 0 spiro atoms. The van der Waals surface area contributed by atoms with E-state index in [4.69, 9.17) is 4.74 Å². The average Bonchev–Trinajstić information content (AvgIpc) is 3.43. The van der Waals surface area contributed by atoms with Crippen LogP contribution in [-0.4, -0.2) is 39.6 Å². The van der Waals surface area contributed by atoms with Gasteiger partial charge >= 0.3 is 0 Å². The number of halogens is 2. The number of methoxy groups -OCH3 is 1. The molecule has 200 valence electrons. The molecule has 13 heteroatoms. The number of aryl methyl sites for hydroxylation is 2. The molecule has 0 aliphatic heterocycles. The lowest BCUT2D eigenvalue weighted by molar-refractivity contribution is 0.400. The lowest BCUT2D eigenvalue weighted by Crippen LogP contribution is -2.21. The van der Waals surface area contributed by atoms with E-state index in [0.29, 0.717) is 47.6 Å². The Morgan fingerprint density at radius 3 is 2.59 bits per heavy atom. The molecule has 10 nitrogen and oxygen atoms in total. The third-order valence-electron chi connectivity index (χ3n) is 6.00. The van der Waals surface area contributed by atoms with E-state index < -0.39 is 26.6 Å². The molecule has 5 rings (SSSR count). The number of sulfonamides is 1. The number of anilines is 1. The first-order chi connectivity index (χ1) is 18.7. The second kappa shape index (κ2) is 10.6. The number of nitrogens with one attached hydrogen (secondary N) is 1. The smallest absolute Gasteiger partial charge is 0.264 e. The zero-order chi connectivity index (χ0) is 27.6. The summed E-state index contributed by atoms with van der Waals surface area (Å²) in [6.45, 7) is 1.16. The van der Waals surface area contributed by atoms with Gasteiger partial charge in [-0.3, -0.25) is 14.1 Å². The van der Waals surface area contributed by atoms with Gasteiger partial charge in [0.25, 0.3) is 15.6 Å². The number of aromatic nitrogens is 5. The molecule has 5 aromatic rings. The van der Waals surface area contributed by atoms with Gasteiger partial charge in [0.15, 0.2) is 0 Å². The van der Waals surface area contributed by atoms with Gasteiger partial charge in [-0.25, -0.2) is 32.2 Å². The maximum Gasteiger partial charge on any atom is 0.264 e. The van der Waals surface area contributed by atoms with E-state index in [0.717, 1.165) is 12.1 Å². The van der Waals surface area contributed by atoms with E-state index in [1.807, 2.05) is 10.8 Å². The number of benzene rings is 2. The molecule has 0 aliphatic rings. The number of hydrogen-bond donors (Lipinski definition) is 1. The van der Waals surface area contributed by atoms with Crippen molar-refractivity contribution in [2.75, 3.05) is 11.8 Å². The summed E-state index contributed by atoms with van der Waals surface area (Å²) in [5.41, 5.74) is 1.25. The van der Waals surface area contributed by atoms with E-state index in [-0.39, 0.29) is 17.1 Å². The van der Waals surface area contributed by atoms with Crippen molar-refractivity contribution in [2.24, 2.45) is 0 Å². The standard InChI is InChI=1S/C26H22F2N6O4S/c1-38-25-23(32-39(36,37)24-6-4-19(27)13-21(24)28)12-18(14-30-25)17-3-5-22-20(11-17)26(35)34(16-31-22)9-2-8-33-10-7-29-15-33/h3-7,10-16,32H,2,8-9H2,1H3. The first-order valence-electron chi connectivity index (χ1n) is 11.7. The highest BCUT2D eigenvalue weighted by molar-refractivity contribution is 7.92. The maximum absolute atomic E-state index is 14.2. The van der Waals surface area contributed by atoms with Gasteiger partial charge in [0.1, 0.15) is 22.2 Å². The molecule has 2 aromatic carbocycles. The highest BCUT2D eigenvalue weighted by atomic mass is 32.2. The zero-order valence-corrected chi connectivity index (χ0v) is 21.4. The molecule has 3 heterocycles. The lowest BCUT2D eigenvalue weighted by Gasteiger charge is -2.13. The Labute approximate surface area is 221 Å². The third kappa shape index (κ3) is 5.48. The number of rotatable bonds is 9. The van der Waals surface area contributed by atoms with Crippen LogP contribution in [0.2, 0.25) is 0 Å². The minimum Gasteiger partial charge on any atom is -0.480 e. The fourth-order valence-corrected chi connectivity index (χ4v) is 5.19. The molecule has 39 heavy (non-hydrogen) atoms. The SMILES string of the molecule is COc1ncc(-c2ccc3ncn(CCCn4ccnc4)c(=O)c3c2)cc1NS(=O)(=O)c1ccc(F)cc1F. The number of hydrogen-bond acceptors (Lipinski definition) is 7. The topological polar surface area (TPSA) is 121 Å². The van der Waals surface area contributed by atoms with Gasteiger partial charge in [-0.2, -0.15) is 0 Å². The van der Waals surface area contributed by atoms with Crippen molar-refractivity contribution in [2.45, 2.75) is 24.4 Å². The van der Waals surface area contributed by atoms with Crippen molar-refractivity contribution in [3.63, 3.8) is 0 Å². The van der Waals surface area contributed by atoms with Crippen LogP contribution in [0.1, 0.15) is 6.42 Å². The second-order valence-corrected chi connectivity index (χ2v) is 10.2. The van der Waals surface area contributed by atoms with Gasteiger partial charge in [-0.1, -0.05) is 6.07 Å². The Morgan fingerprint density at radius 1 is 1.00 bits per heavy atom. The molecule has 0 radical (unpaired) electrons. The molecule has 3 aromatic heterocycles. The van der Waals surface area contributed by atoms with Crippen molar-refractivity contribution in [3.8, 4) is 17.0 Å². The molecule has 0 saturated heterocycles. The Kier molecular flexibility index (Phi) is 7.07. The number of fused-ring (bicyclic) bond motifs is 1. The van der Waals surface area contributed by atoms with E-state index in [1.54, 1.807) is 30.7 Å². The Hall–Kier alpha value is -4.65. The van der Waals surface area contributed by atoms with Gasteiger partial charge in [-0.15, -0.1) is 0 Å². The third-order valence-corrected chi connectivity index (χ3v) is 7.40. The highest BCUT2D eigenvalue weighted by Crippen LogP contribution is 2.31. The summed E-state index contributed by atoms with van der Waals surface area (Å²) in [6.07, 6.45) is 8.91. The Balaban J connectivity index is 1.46. The molecule has 0 unspecified atom stereocenters. The van der Waals surface area contributed by atoms with Crippen LogP contribution in [0.4, 0.5) is 14.5 Å². The predicted octanol–water partition coefficient (Wildman–Crippen LogP) is 3.83. The largest absolute Gasteiger partial charge is 0.480 e.